The van der Waals surface area contributed by atoms with Crippen LogP contribution in [0.25, 0.3) is 0 Å². The van der Waals surface area contributed by atoms with Gasteiger partial charge in [0, 0.05) is 0 Å². The smallest absolute Gasteiger partial charge is 0.230 e. The van der Waals surface area contributed by atoms with E-state index in [0.29, 0.717) is 0 Å². The van der Waals surface area contributed by atoms with Crippen LogP contribution in [0.15, 0.2) is 5.83 Å². The predicted octanol–water partition coefficient (Wildman–Crippen LogP) is 5.05. The summed E-state index contributed by atoms with van der Waals surface area (Å²) in [6, 6.07) is 0. The quantitative estimate of drug-likeness (QED) is 0.428. The maximum atomic E-state index is 12.9. The predicted molar refractivity (Wildman–Crippen MR) is 46.1 cm³/mol. The fourth-order valence-corrected chi connectivity index (χ4v) is 1.17. The zero-order valence-electron chi connectivity index (χ0n) is 11.0. The van der Waals surface area contributed by atoms with Crippen molar-refractivity contribution in [2.24, 2.45) is 0 Å². The van der Waals surface area contributed by atoms with E-state index in [-0.39, 0.29) is 0 Å². The summed E-state index contributed by atoms with van der Waals surface area (Å²) >= 11 is 0. The van der Waals surface area contributed by atoms with E-state index in [1.807, 2.05) is 0 Å². The summed E-state index contributed by atoms with van der Waals surface area (Å²) in [7, 11) is 0. The molecule has 0 unspecified atom stereocenters. The lowest BCUT2D eigenvalue weighted by atomic mass is 9.91. The second-order valence-corrected chi connectivity index (χ2v) is 4.36. The highest BCUT2D eigenvalue weighted by Crippen LogP contribution is 2.62. The van der Waals surface area contributed by atoms with Gasteiger partial charge in [0.15, 0.2) is 5.94 Å². The minimum absolute atomic E-state index is 0.796. The van der Waals surface area contributed by atoms with Crippen molar-refractivity contribution in [3.63, 3.8) is 0 Å². The summed E-state index contributed by atoms with van der Waals surface area (Å²) in [6.45, 7) is 0. The third kappa shape index (κ3) is 2.79. The van der Waals surface area contributed by atoms with E-state index in [1.165, 1.54) is 0 Å². The van der Waals surface area contributed by atoms with Crippen molar-refractivity contribution < 1.29 is 75.0 Å². The zero-order valence-corrected chi connectivity index (χ0v) is 11.0. The topological polar surface area (TPSA) is 17.1 Å². The number of rotatable bonds is 6. The van der Waals surface area contributed by atoms with Crippen LogP contribution in [0, 0.1) is 0 Å². The summed E-state index contributed by atoms with van der Waals surface area (Å²) in [6.07, 6.45) is -7.72. The van der Waals surface area contributed by atoms with E-state index < -0.39 is 53.5 Å². The first-order valence-electron chi connectivity index (χ1n) is 5.23. The lowest BCUT2D eigenvalue weighted by Gasteiger charge is -2.40. The molecule has 0 heterocycles. The van der Waals surface area contributed by atoms with Gasteiger partial charge in [0.05, 0.1) is 0 Å². The van der Waals surface area contributed by atoms with E-state index >= 15 is 0 Å². The summed E-state index contributed by atoms with van der Waals surface area (Å²) in [5.41, 5.74) is 0. The molecule has 17 heteroatoms. The first-order valence-corrected chi connectivity index (χ1v) is 5.23. The van der Waals surface area contributed by atoms with Crippen LogP contribution < -0.4 is 0 Å². The zero-order chi connectivity index (χ0) is 21.8. The Kier molecular flexibility index (Phi) is 5.54. The van der Waals surface area contributed by atoms with Gasteiger partial charge in [-0.3, -0.25) is 0 Å². The fourth-order valence-electron chi connectivity index (χ4n) is 1.17. The Balaban J connectivity index is 6.65. The summed E-state index contributed by atoms with van der Waals surface area (Å²) in [5.74, 6) is -53.9. The van der Waals surface area contributed by atoms with E-state index in [9.17, 15) is 75.0 Å². The molecule has 0 rings (SSSR count). The lowest BCUT2D eigenvalue weighted by molar-refractivity contribution is -0.450. The Morgan fingerprint density at radius 3 is 1.04 bits per heavy atom. The van der Waals surface area contributed by atoms with Gasteiger partial charge >= 0.3 is 41.7 Å². The maximum absolute atomic E-state index is 12.9. The molecule has 0 spiro atoms. The number of allylic oxidation sites excluding steroid dienone is 1. The van der Waals surface area contributed by atoms with Crippen LogP contribution in [0.3, 0.4) is 0 Å². The number of hydrogen-bond donors (Lipinski definition) is 0. The van der Waals surface area contributed by atoms with Crippen molar-refractivity contribution in [3.8, 4) is 0 Å². The minimum atomic E-state index is -8.52. The molecule has 0 aromatic carbocycles. The molecular formula is C9F16O. The first-order chi connectivity index (χ1) is 11.0. The van der Waals surface area contributed by atoms with Crippen LogP contribution in [-0.4, -0.2) is 47.7 Å². The molecule has 0 aliphatic rings. The average molecular weight is 428 g/mol. The van der Waals surface area contributed by atoms with Crippen molar-refractivity contribution in [1.29, 1.82) is 0 Å². The molecule has 0 aliphatic heterocycles. The van der Waals surface area contributed by atoms with E-state index in [4.69, 9.17) is 0 Å². The Hall–Kier alpha value is -1.67. The Labute approximate surface area is 130 Å². The fraction of sp³-hybridized carbons (Fsp3) is 0.778. The Morgan fingerprint density at radius 2 is 0.769 bits per heavy atom. The molecule has 26 heavy (non-hydrogen) atoms. The third-order valence-electron chi connectivity index (χ3n) is 2.69. The van der Waals surface area contributed by atoms with Gasteiger partial charge in [-0.15, -0.1) is 0 Å². The van der Waals surface area contributed by atoms with Gasteiger partial charge in [0.1, 0.15) is 0 Å². The summed E-state index contributed by atoms with van der Waals surface area (Å²) in [4.78, 5) is 9.46. The molecule has 0 saturated carbocycles. The molecule has 0 radical (unpaired) electrons. The molecule has 0 aromatic rings. The highest BCUT2D eigenvalue weighted by molar-refractivity contribution is 5.52. The second-order valence-electron chi connectivity index (χ2n) is 4.36. The SMILES string of the molecule is O=C=C(F)C(F)(F)C(F)(F)C(F)(F)C(F)(F)C(F)(F)C(F)(F)C(F)(F)F. The van der Waals surface area contributed by atoms with Gasteiger partial charge in [-0.05, 0) is 0 Å². The van der Waals surface area contributed by atoms with Crippen LogP contribution in [0.2, 0.25) is 0 Å². The van der Waals surface area contributed by atoms with E-state index in [0.717, 1.165) is 0 Å². The highest BCUT2D eigenvalue weighted by atomic mass is 19.4. The third-order valence-corrected chi connectivity index (χ3v) is 2.69. The van der Waals surface area contributed by atoms with Crippen molar-refractivity contribution in [3.05, 3.63) is 5.83 Å². The minimum Gasteiger partial charge on any atom is -0.230 e. The average Bonchev–Trinajstić information content (AvgIpc) is 2.43. The van der Waals surface area contributed by atoms with Gasteiger partial charge in [-0.25, -0.2) is 4.79 Å². The van der Waals surface area contributed by atoms with E-state index in [2.05, 4.69) is 0 Å². The van der Waals surface area contributed by atoms with Crippen molar-refractivity contribution in [2.75, 3.05) is 0 Å². The van der Waals surface area contributed by atoms with Gasteiger partial charge in [-0.2, -0.15) is 70.2 Å². The summed E-state index contributed by atoms with van der Waals surface area (Å²) < 4.78 is 200. The number of halogens is 16. The van der Waals surface area contributed by atoms with Crippen LogP contribution in [0.1, 0.15) is 0 Å². The van der Waals surface area contributed by atoms with E-state index in [1.54, 1.807) is 0 Å². The largest absolute Gasteiger partial charge is 0.460 e. The van der Waals surface area contributed by atoms with Gasteiger partial charge in [0.2, 0.25) is 0 Å². The standard InChI is InChI=1S/C9F16O/c10-2(1-26)3(11,12)4(13,14)5(15,16)6(17,18)7(19,20)8(21,22)9(23,24)25. The number of hydrogen-bond acceptors (Lipinski definition) is 1. The van der Waals surface area contributed by atoms with Crippen LogP contribution in [0.5, 0.6) is 0 Å². The number of carbonyl (C=O) groups excluding carboxylic acids is 1. The van der Waals surface area contributed by atoms with Crippen LogP contribution in [0.4, 0.5) is 70.2 Å². The molecule has 0 saturated heterocycles. The molecule has 0 aromatic heterocycles. The van der Waals surface area contributed by atoms with Crippen molar-refractivity contribution in [1.82, 2.24) is 0 Å². The normalized spacial score (nSPS) is 15.7. The van der Waals surface area contributed by atoms with Gasteiger partial charge in [-0.1, -0.05) is 0 Å². The molecular weight excluding hydrogens is 428 g/mol. The molecule has 154 valence electrons. The Morgan fingerprint density at radius 1 is 0.500 bits per heavy atom. The monoisotopic (exact) mass is 428 g/mol. The molecule has 1 nitrogen and oxygen atoms in total. The molecule has 0 atom stereocenters. The van der Waals surface area contributed by atoms with Gasteiger partial charge in [0.25, 0.3) is 5.83 Å². The van der Waals surface area contributed by atoms with Crippen molar-refractivity contribution >= 4 is 5.94 Å². The lowest BCUT2D eigenvalue weighted by Crippen LogP contribution is -2.72. The second kappa shape index (κ2) is 5.92. The number of alkyl halides is 15. The molecule has 0 fully saturated rings. The highest BCUT2D eigenvalue weighted by Gasteiger charge is 2.93. The molecule has 0 amide bonds. The van der Waals surface area contributed by atoms with Crippen LogP contribution in [-0.2, 0) is 4.79 Å². The molecule has 0 N–H and O–H groups in total. The molecule has 0 bridgehead atoms. The first kappa shape index (κ1) is 24.3. The summed E-state index contributed by atoms with van der Waals surface area (Å²) in [5, 5.41) is 0. The maximum Gasteiger partial charge on any atom is 0.460 e. The Bertz CT molecular complexity index is 591. The van der Waals surface area contributed by atoms with Crippen molar-refractivity contribution in [2.45, 2.75) is 41.7 Å². The van der Waals surface area contributed by atoms with Gasteiger partial charge < -0.3 is 0 Å². The van der Waals surface area contributed by atoms with Crippen LogP contribution >= 0.6 is 0 Å². The molecule has 0 aliphatic carbocycles.